The Balaban J connectivity index is 2.46. The third kappa shape index (κ3) is 2.40. The largest absolute Gasteiger partial charge is 0.300 e. The Bertz CT molecular complexity index is 514. The van der Waals surface area contributed by atoms with Crippen molar-refractivity contribution in [2.45, 2.75) is 20.4 Å². The Kier molecular flexibility index (Phi) is 3.92. The zero-order valence-electron chi connectivity index (χ0n) is 10.3. The summed E-state index contributed by atoms with van der Waals surface area (Å²) in [5.74, 6) is 0. The molecule has 0 saturated carbocycles. The summed E-state index contributed by atoms with van der Waals surface area (Å²) in [5, 5.41) is 1.23. The fraction of sp³-hybridized carbons (Fsp3) is 0.357. The van der Waals surface area contributed by atoms with Crippen molar-refractivity contribution in [2.75, 3.05) is 13.1 Å². The van der Waals surface area contributed by atoms with E-state index in [9.17, 15) is 4.79 Å². The number of fused-ring (bicyclic) bond motifs is 1. The number of carbonyl (C=O) groups excluding carboxylic acids is 1. The number of carbonyl (C=O) groups is 1. The molecule has 0 radical (unpaired) electrons. The summed E-state index contributed by atoms with van der Waals surface area (Å²) in [6, 6.07) is 8.25. The van der Waals surface area contributed by atoms with Gasteiger partial charge in [0.05, 0.1) is 4.88 Å². The van der Waals surface area contributed by atoms with Crippen LogP contribution in [0.15, 0.2) is 24.3 Å². The lowest BCUT2D eigenvalue weighted by molar-refractivity contribution is 0.112. The minimum absolute atomic E-state index is 0.866. The van der Waals surface area contributed by atoms with Crippen LogP contribution in [0, 0.1) is 0 Å². The molecule has 1 heterocycles. The molecule has 0 bridgehead atoms. The molecule has 0 saturated heterocycles. The highest BCUT2D eigenvalue weighted by Gasteiger charge is 2.13. The van der Waals surface area contributed by atoms with Gasteiger partial charge >= 0.3 is 0 Å². The van der Waals surface area contributed by atoms with Crippen molar-refractivity contribution >= 4 is 27.7 Å². The van der Waals surface area contributed by atoms with Crippen LogP contribution >= 0.6 is 11.3 Å². The molecule has 1 aromatic carbocycles. The molecule has 0 amide bonds. The zero-order chi connectivity index (χ0) is 12.3. The van der Waals surface area contributed by atoms with Crippen molar-refractivity contribution in [2.24, 2.45) is 0 Å². The van der Waals surface area contributed by atoms with E-state index in [2.05, 4.69) is 30.9 Å². The summed E-state index contributed by atoms with van der Waals surface area (Å²) < 4.78 is 1.21. The maximum atomic E-state index is 11.1. The predicted molar refractivity (Wildman–Crippen MR) is 73.8 cm³/mol. The van der Waals surface area contributed by atoms with Gasteiger partial charge in [0.15, 0.2) is 6.29 Å². The topological polar surface area (TPSA) is 20.3 Å². The van der Waals surface area contributed by atoms with Crippen LogP contribution in [-0.2, 0) is 6.54 Å². The number of thiophene rings is 1. The summed E-state index contributed by atoms with van der Waals surface area (Å²) in [4.78, 5) is 14.4. The Morgan fingerprint density at radius 3 is 2.59 bits per heavy atom. The molecule has 0 aliphatic rings. The molecule has 0 aliphatic heterocycles. The van der Waals surface area contributed by atoms with E-state index < -0.39 is 0 Å². The first kappa shape index (κ1) is 12.3. The van der Waals surface area contributed by atoms with Gasteiger partial charge in [0.2, 0.25) is 0 Å². The van der Waals surface area contributed by atoms with Gasteiger partial charge in [0.1, 0.15) is 0 Å². The van der Waals surface area contributed by atoms with Gasteiger partial charge in [-0.2, -0.15) is 0 Å². The minimum Gasteiger partial charge on any atom is -0.300 e. The average Bonchev–Trinajstić information content (AvgIpc) is 2.73. The fourth-order valence-corrected chi connectivity index (χ4v) is 3.08. The van der Waals surface area contributed by atoms with E-state index in [1.54, 1.807) is 11.3 Å². The quantitative estimate of drug-likeness (QED) is 0.753. The van der Waals surface area contributed by atoms with Crippen LogP contribution in [0.5, 0.6) is 0 Å². The predicted octanol–water partition coefficient (Wildman–Crippen LogP) is 3.56. The van der Waals surface area contributed by atoms with E-state index in [1.165, 1.54) is 15.6 Å². The Hall–Kier alpha value is -1.19. The Morgan fingerprint density at radius 2 is 1.94 bits per heavy atom. The second-order valence-electron chi connectivity index (χ2n) is 4.02. The smallest absolute Gasteiger partial charge is 0.160 e. The first-order chi connectivity index (χ1) is 8.30. The van der Waals surface area contributed by atoms with Crippen LogP contribution in [0.4, 0.5) is 0 Å². The lowest BCUT2D eigenvalue weighted by Gasteiger charge is -2.17. The van der Waals surface area contributed by atoms with E-state index in [-0.39, 0.29) is 0 Å². The van der Waals surface area contributed by atoms with Crippen LogP contribution in [0.25, 0.3) is 10.1 Å². The number of benzene rings is 1. The number of hydrogen-bond donors (Lipinski definition) is 0. The second kappa shape index (κ2) is 5.43. The van der Waals surface area contributed by atoms with Crippen molar-refractivity contribution in [1.82, 2.24) is 4.90 Å². The summed E-state index contributed by atoms with van der Waals surface area (Å²) >= 11 is 1.59. The van der Waals surface area contributed by atoms with E-state index in [1.807, 2.05) is 12.1 Å². The van der Waals surface area contributed by atoms with Crippen LogP contribution in [0.3, 0.4) is 0 Å². The van der Waals surface area contributed by atoms with Crippen molar-refractivity contribution in [1.29, 1.82) is 0 Å². The normalized spacial score (nSPS) is 11.2. The average molecular weight is 247 g/mol. The van der Waals surface area contributed by atoms with E-state index in [4.69, 9.17) is 0 Å². The number of nitrogens with zero attached hydrogens (tertiary/aromatic N) is 1. The SMILES string of the molecule is CCN(CC)Cc1c(C=O)sc2ccccc12. The first-order valence-electron chi connectivity index (χ1n) is 5.98. The van der Waals surface area contributed by atoms with E-state index in [0.29, 0.717) is 0 Å². The number of aldehydes is 1. The molecule has 2 rings (SSSR count). The van der Waals surface area contributed by atoms with Gasteiger partial charge in [-0.15, -0.1) is 11.3 Å². The fourth-order valence-electron chi connectivity index (χ4n) is 2.05. The molecule has 2 nitrogen and oxygen atoms in total. The standard InChI is InChI=1S/C14H17NOS/c1-3-15(4-2)9-12-11-7-5-6-8-13(11)17-14(12)10-16/h5-8,10H,3-4,9H2,1-2H3. The highest BCUT2D eigenvalue weighted by Crippen LogP contribution is 2.30. The van der Waals surface area contributed by atoms with Gasteiger partial charge in [-0.3, -0.25) is 9.69 Å². The maximum Gasteiger partial charge on any atom is 0.160 e. The molecular formula is C14H17NOS. The van der Waals surface area contributed by atoms with Crippen molar-refractivity contribution < 1.29 is 4.79 Å². The molecule has 3 heteroatoms. The van der Waals surface area contributed by atoms with Gasteiger partial charge in [-0.05, 0) is 30.1 Å². The lowest BCUT2D eigenvalue weighted by Crippen LogP contribution is -2.22. The Morgan fingerprint density at radius 1 is 1.24 bits per heavy atom. The molecular weight excluding hydrogens is 230 g/mol. The third-order valence-corrected chi connectivity index (χ3v) is 4.25. The lowest BCUT2D eigenvalue weighted by atomic mass is 10.1. The van der Waals surface area contributed by atoms with Gasteiger partial charge in [0, 0.05) is 11.2 Å². The van der Waals surface area contributed by atoms with Crippen LogP contribution in [0.2, 0.25) is 0 Å². The molecule has 0 aliphatic carbocycles. The highest BCUT2D eigenvalue weighted by molar-refractivity contribution is 7.20. The number of hydrogen-bond acceptors (Lipinski definition) is 3. The summed E-state index contributed by atoms with van der Waals surface area (Å²) in [6.45, 7) is 7.19. The Labute approximate surface area is 106 Å². The van der Waals surface area contributed by atoms with Crippen molar-refractivity contribution in [3.05, 3.63) is 34.7 Å². The zero-order valence-corrected chi connectivity index (χ0v) is 11.1. The third-order valence-electron chi connectivity index (χ3n) is 3.11. The molecule has 0 spiro atoms. The van der Waals surface area contributed by atoms with Crippen molar-refractivity contribution in [3.8, 4) is 0 Å². The molecule has 1 aromatic heterocycles. The van der Waals surface area contributed by atoms with Crippen LogP contribution in [-0.4, -0.2) is 24.3 Å². The summed E-state index contributed by atoms with van der Waals surface area (Å²) in [6.07, 6.45) is 0.990. The molecule has 0 atom stereocenters. The number of rotatable bonds is 5. The van der Waals surface area contributed by atoms with Crippen molar-refractivity contribution in [3.63, 3.8) is 0 Å². The molecule has 17 heavy (non-hydrogen) atoms. The molecule has 0 N–H and O–H groups in total. The highest BCUT2D eigenvalue weighted by atomic mass is 32.1. The van der Waals surface area contributed by atoms with Gasteiger partial charge in [0.25, 0.3) is 0 Å². The summed E-state index contributed by atoms with van der Waals surface area (Å²) in [7, 11) is 0. The minimum atomic E-state index is 0.866. The maximum absolute atomic E-state index is 11.1. The van der Waals surface area contributed by atoms with Crippen LogP contribution < -0.4 is 0 Å². The first-order valence-corrected chi connectivity index (χ1v) is 6.79. The van der Waals surface area contributed by atoms with E-state index >= 15 is 0 Å². The second-order valence-corrected chi connectivity index (χ2v) is 5.10. The molecule has 0 fully saturated rings. The summed E-state index contributed by atoms with van der Waals surface area (Å²) in [5.41, 5.74) is 1.18. The molecule has 90 valence electrons. The molecule has 0 unspecified atom stereocenters. The van der Waals surface area contributed by atoms with Crippen LogP contribution in [0.1, 0.15) is 29.1 Å². The van der Waals surface area contributed by atoms with Gasteiger partial charge < -0.3 is 0 Å². The monoisotopic (exact) mass is 247 g/mol. The van der Waals surface area contributed by atoms with E-state index in [0.717, 1.165) is 30.8 Å². The van der Waals surface area contributed by atoms with Gasteiger partial charge in [-0.1, -0.05) is 32.0 Å². The van der Waals surface area contributed by atoms with Gasteiger partial charge in [-0.25, -0.2) is 0 Å². The molecule has 2 aromatic rings.